The Labute approximate surface area is 173 Å². The van der Waals surface area contributed by atoms with E-state index in [9.17, 15) is 14.4 Å². The number of hydrogen-bond donors (Lipinski definition) is 1. The van der Waals surface area contributed by atoms with Crippen LogP contribution in [0.4, 0.5) is 5.69 Å². The van der Waals surface area contributed by atoms with E-state index in [2.05, 4.69) is 5.32 Å². The maximum Gasteiger partial charge on any atom is 0.256 e. The number of carbonyl (C=O) groups excluding carboxylic acids is 3. The number of rotatable bonds is 3. The molecule has 3 amide bonds. The van der Waals surface area contributed by atoms with Gasteiger partial charge in [-0.25, -0.2) is 0 Å². The number of nitrogens with one attached hydrogen (secondary N) is 1. The molecule has 1 saturated heterocycles. The molecule has 0 saturated carbocycles. The Morgan fingerprint density at radius 3 is 2.59 bits per heavy atom. The number of piperazine rings is 1. The van der Waals surface area contributed by atoms with Gasteiger partial charge in [-0.1, -0.05) is 29.8 Å². The van der Waals surface area contributed by atoms with Gasteiger partial charge in [0, 0.05) is 25.2 Å². The topological polar surface area (TPSA) is 79.0 Å². The van der Waals surface area contributed by atoms with Crippen LogP contribution in [0.3, 0.4) is 0 Å². The van der Waals surface area contributed by atoms with Crippen LogP contribution in [0.25, 0.3) is 11.1 Å². The number of hydrogen-bond acceptors (Lipinski definition) is 4. The molecule has 0 bridgehead atoms. The lowest BCUT2D eigenvalue weighted by Crippen LogP contribution is -2.59. The predicted octanol–water partition coefficient (Wildman–Crippen LogP) is 2.26. The second-order valence-corrected chi connectivity index (χ2v) is 7.48. The fourth-order valence-corrected chi connectivity index (χ4v) is 3.84. The maximum absolute atomic E-state index is 13.2. The van der Waals surface area contributed by atoms with Crippen LogP contribution < -0.4 is 5.32 Å². The van der Waals surface area contributed by atoms with E-state index in [0.717, 1.165) is 11.1 Å². The van der Waals surface area contributed by atoms with Gasteiger partial charge < -0.3 is 19.9 Å². The molecule has 150 valence electrons. The van der Waals surface area contributed by atoms with E-state index < -0.39 is 6.04 Å². The molecular weight excluding hydrogens is 394 g/mol. The van der Waals surface area contributed by atoms with Crippen LogP contribution in [0.1, 0.15) is 10.4 Å². The zero-order chi connectivity index (χ0) is 20.5. The summed E-state index contributed by atoms with van der Waals surface area (Å²) in [5.74, 6) is -0.719. The Morgan fingerprint density at radius 2 is 1.86 bits per heavy atom. The van der Waals surface area contributed by atoms with Gasteiger partial charge in [0.05, 0.1) is 17.8 Å². The molecule has 0 radical (unpaired) electrons. The van der Waals surface area contributed by atoms with Gasteiger partial charge in [0.25, 0.3) is 5.91 Å². The maximum atomic E-state index is 13.2. The first-order valence-electron chi connectivity index (χ1n) is 9.26. The summed E-state index contributed by atoms with van der Waals surface area (Å²) in [5, 5.41) is 3.47. The first kappa shape index (κ1) is 19.4. The largest absolute Gasteiger partial charge is 0.375 e. The molecule has 4 rings (SSSR count). The highest BCUT2D eigenvalue weighted by Gasteiger charge is 2.40. The van der Waals surface area contributed by atoms with Crippen LogP contribution in [0, 0.1) is 0 Å². The number of halogens is 1. The molecule has 2 aliphatic rings. The molecule has 0 aliphatic carbocycles. The standard InChI is InChI=1S/C21H20ClN3O4/c1-29-12-19(26)24-8-9-25-18(11-24)20(27)23-17-7-4-14(10-16(17)21(25)28)13-2-5-15(22)6-3-13/h2-7,10,18H,8-9,11-12H2,1H3,(H,23,27)/t18-/m1/s1. The molecule has 0 spiro atoms. The summed E-state index contributed by atoms with van der Waals surface area (Å²) in [6.45, 7) is 0.756. The van der Waals surface area contributed by atoms with Crippen LogP contribution in [0.5, 0.6) is 0 Å². The number of methoxy groups -OCH3 is 1. The highest BCUT2D eigenvalue weighted by Crippen LogP contribution is 2.30. The van der Waals surface area contributed by atoms with Crippen molar-refractivity contribution < 1.29 is 19.1 Å². The van der Waals surface area contributed by atoms with E-state index in [0.29, 0.717) is 22.8 Å². The lowest BCUT2D eigenvalue weighted by Gasteiger charge is -2.39. The number of anilines is 1. The molecule has 29 heavy (non-hydrogen) atoms. The van der Waals surface area contributed by atoms with Crippen molar-refractivity contribution in [2.45, 2.75) is 6.04 Å². The van der Waals surface area contributed by atoms with E-state index in [-0.39, 0.29) is 37.4 Å². The minimum Gasteiger partial charge on any atom is -0.375 e. The zero-order valence-electron chi connectivity index (χ0n) is 15.9. The predicted molar refractivity (Wildman–Crippen MR) is 109 cm³/mol. The smallest absolute Gasteiger partial charge is 0.256 e. The molecule has 2 aliphatic heterocycles. The number of nitrogens with zero attached hydrogens (tertiary/aromatic N) is 2. The molecule has 8 heteroatoms. The van der Waals surface area contributed by atoms with E-state index in [4.69, 9.17) is 16.3 Å². The van der Waals surface area contributed by atoms with E-state index in [1.165, 1.54) is 7.11 Å². The van der Waals surface area contributed by atoms with E-state index >= 15 is 0 Å². The average Bonchev–Trinajstić information content (AvgIpc) is 2.83. The van der Waals surface area contributed by atoms with Gasteiger partial charge in [0.15, 0.2) is 0 Å². The van der Waals surface area contributed by atoms with Crippen molar-refractivity contribution in [3.05, 3.63) is 53.1 Å². The third-order valence-electron chi connectivity index (χ3n) is 5.25. The Morgan fingerprint density at radius 1 is 1.14 bits per heavy atom. The third kappa shape index (κ3) is 3.71. The van der Waals surface area contributed by atoms with Gasteiger partial charge in [-0.15, -0.1) is 0 Å². The minimum atomic E-state index is -0.733. The van der Waals surface area contributed by atoms with Crippen LogP contribution in [0.2, 0.25) is 5.02 Å². The van der Waals surface area contributed by atoms with Gasteiger partial charge in [-0.3, -0.25) is 14.4 Å². The van der Waals surface area contributed by atoms with E-state index in [1.807, 2.05) is 18.2 Å². The molecule has 1 N–H and O–H groups in total. The van der Waals surface area contributed by atoms with Crippen LogP contribution >= 0.6 is 11.6 Å². The van der Waals surface area contributed by atoms with Gasteiger partial charge >= 0.3 is 0 Å². The van der Waals surface area contributed by atoms with E-state index in [1.54, 1.807) is 34.1 Å². The number of amides is 3. The fourth-order valence-electron chi connectivity index (χ4n) is 3.71. The molecule has 2 heterocycles. The Kier molecular flexibility index (Phi) is 5.25. The molecule has 0 unspecified atom stereocenters. The van der Waals surface area contributed by atoms with Crippen molar-refractivity contribution in [3.63, 3.8) is 0 Å². The summed E-state index contributed by atoms with van der Waals surface area (Å²) in [6.07, 6.45) is 0. The lowest BCUT2D eigenvalue weighted by atomic mass is 10.0. The Balaban J connectivity index is 1.64. The van der Waals surface area contributed by atoms with Crippen molar-refractivity contribution in [2.75, 3.05) is 38.7 Å². The summed E-state index contributed by atoms with van der Waals surface area (Å²) >= 11 is 5.96. The zero-order valence-corrected chi connectivity index (χ0v) is 16.6. The SMILES string of the molecule is COCC(=O)N1CCN2C(=O)c3cc(-c4ccc(Cl)cc4)ccc3NC(=O)[C@H]2C1. The number of carbonyl (C=O) groups is 3. The quantitative estimate of drug-likeness (QED) is 0.837. The summed E-state index contributed by atoms with van der Waals surface area (Å²) in [5.41, 5.74) is 2.69. The van der Waals surface area contributed by atoms with Crippen molar-refractivity contribution in [1.29, 1.82) is 0 Å². The highest BCUT2D eigenvalue weighted by molar-refractivity contribution is 6.30. The number of ether oxygens (including phenoxy) is 1. The van der Waals surface area contributed by atoms with Gasteiger partial charge in [0.2, 0.25) is 11.8 Å². The monoisotopic (exact) mass is 413 g/mol. The molecule has 2 aromatic rings. The molecule has 1 fully saturated rings. The highest BCUT2D eigenvalue weighted by atomic mass is 35.5. The molecule has 1 atom stereocenters. The number of benzene rings is 2. The average molecular weight is 414 g/mol. The Hall–Kier alpha value is -2.90. The summed E-state index contributed by atoms with van der Waals surface area (Å²) < 4.78 is 4.90. The molecular formula is C21H20ClN3O4. The Bertz CT molecular complexity index is 976. The normalized spacial score (nSPS) is 18.6. The first-order chi connectivity index (χ1) is 14.0. The number of fused-ring (bicyclic) bond motifs is 2. The minimum absolute atomic E-state index is 0.0486. The molecule has 7 nitrogen and oxygen atoms in total. The van der Waals surface area contributed by atoms with Gasteiger partial charge in [-0.2, -0.15) is 0 Å². The fraction of sp³-hybridized carbons (Fsp3) is 0.286. The van der Waals surface area contributed by atoms with Crippen molar-refractivity contribution in [2.24, 2.45) is 0 Å². The van der Waals surface area contributed by atoms with Crippen molar-refractivity contribution in [3.8, 4) is 11.1 Å². The van der Waals surface area contributed by atoms with Crippen LogP contribution in [0.15, 0.2) is 42.5 Å². The van der Waals surface area contributed by atoms with Crippen molar-refractivity contribution >= 4 is 35.0 Å². The molecule has 0 aromatic heterocycles. The lowest BCUT2D eigenvalue weighted by molar-refractivity contribution is -0.139. The third-order valence-corrected chi connectivity index (χ3v) is 5.50. The van der Waals surface area contributed by atoms with Crippen LogP contribution in [-0.2, 0) is 14.3 Å². The summed E-state index contributed by atoms with van der Waals surface area (Å²) in [4.78, 5) is 41.3. The van der Waals surface area contributed by atoms with Gasteiger partial charge in [-0.05, 0) is 35.4 Å². The molecule has 2 aromatic carbocycles. The summed E-state index contributed by atoms with van der Waals surface area (Å²) in [6, 6.07) is 12.0. The second kappa shape index (κ2) is 7.85. The van der Waals surface area contributed by atoms with Crippen molar-refractivity contribution in [1.82, 2.24) is 9.80 Å². The summed E-state index contributed by atoms with van der Waals surface area (Å²) in [7, 11) is 1.45. The van der Waals surface area contributed by atoms with Gasteiger partial charge in [0.1, 0.15) is 12.6 Å². The second-order valence-electron chi connectivity index (χ2n) is 7.04. The first-order valence-corrected chi connectivity index (χ1v) is 9.64. The van der Waals surface area contributed by atoms with Crippen LogP contribution in [-0.4, -0.2) is 66.9 Å².